The van der Waals surface area contributed by atoms with Crippen molar-refractivity contribution >= 4 is 17.7 Å². The van der Waals surface area contributed by atoms with Gasteiger partial charge in [0.25, 0.3) is 5.91 Å². The zero-order chi connectivity index (χ0) is 12.0. The molecule has 0 bridgehead atoms. The van der Waals surface area contributed by atoms with E-state index in [1.54, 1.807) is 0 Å². The number of aromatic amines is 1. The second-order valence-corrected chi connectivity index (χ2v) is 2.54. The molecule has 0 spiro atoms. The van der Waals surface area contributed by atoms with Crippen LogP contribution in [0.1, 0.15) is 17.4 Å². The first-order valence-corrected chi connectivity index (χ1v) is 3.85. The van der Waals surface area contributed by atoms with E-state index >= 15 is 0 Å². The number of hydrogen-bond donors (Lipinski definition) is 5. The molecule has 0 saturated carbocycles. The summed E-state index contributed by atoms with van der Waals surface area (Å²) in [6.07, 6.45) is 0.0834. The molecule has 8 nitrogen and oxygen atoms in total. The number of rotatable bonds is 2. The van der Waals surface area contributed by atoms with Crippen LogP contribution in [0.25, 0.3) is 0 Å². The molecule has 8 heteroatoms. The lowest BCUT2D eigenvalue weighted by atomic mass is 10.4. The highest BCUT2D eigenvalue weighted by Gasteiger charge is 2.05. The molecule has 1 aromatic heterocycles. The first kappa shape index (κ1) is 12.9. The maximum atomic E-state index is 10.4. The van der Waals surface area contributed by atoms with Crippen LogP contribution in [0.5, 0.6) is 0 Å². The molecule has 1 amide bonds. The van der Waals surface area contributed by atoms with Crippen LogP contribution in [0.15, 0.2) is 6.33 Å². The van der Waals surface area contributed by atoms with E-state index in [1.165, 1.54) is 13.3 Å². The minimum absolute atomic E-state index is 0.141. The molecule has 15 heavy (non-hydrogen) atoms. The third kappa shape index (κ3) is 4.62. The minimum atomic E-state index is -1.23. The number of carbonyl (C=O) groups is 2. The fourth-order valence-electron chi connectivity index (χ4n) is 0.502. The molecule has 1 aromatic rings. The summed E-state index contributed by atoms with van der Waals surface area (Å²) >= 11 is 0. The SMILES string of the molecule is CC(O)C(=O)O.NC(=O)c1[nH]cnc1N. The summed E-state index contributed by atoms with van der Waals surface area (Å²) < 4.78 is 0. The highest BCUT2D eigenvalue weighted by Crippen LogP contribution is 2.00. The Hall–Kier alpha value is -2.09. The number of nitrogen functional groups attached to an aromatic ring is 1. The highest BCUT2D eigenvalue weighted by atomic mass is 16.4. The van der Waals surface area contributed by atoms with Crippen molar-refractivity contribution in [3.8, 4) is 0 Å². The molecular weight excluding hydrogens is 204 g/mol. The number of carboxylic acid groups (broad SMARTS) is 1. The number of nitrogens with one attached hydrogen (secondary N) is 1. The van der Waals surface area contributed by atoms with E-state index < -0.39 is 18.0 Å². The van der Waals surface area contributed by atoms with Gasteiger partial charge in [0.05, 0.1) is 6.33 Å². The molecule has 0 radical (unpaired) electrons. The monoisotopic (exact) mass is 216 g/mol. The van der Waals surface area contributed by atoms with E-state index in [-0.39, 0.29) is 11.5 Å². The van der Waals surface area contributed by atoms with Crippen molar-refractivity contribution in [2.45, 2.75) is 13.0 Å². The van der Waals surface area contributed by atoms with Gasteiger partial charge in [-0.25, -0.2) is 9.78 Å². The largest absolute Gasteiger partial charge is 0.479 e. The molecule has 1 unspecified atom stereocenters. The molecule has 7 N–H and O–H groups in total. The smallest absolute Gasteiger partial charge is 0.332 e. The van der Waals surface area contributed by atoms with Gasteiger partial charge in [-0.05, 0) is 6.92 Å². The Kier molecular flexibility index (Phi) is 4.82. The van der Waals surface area contributed by atoms with Gasteiger partial charge in [0.15, 0.2) is 5.82 Å². The number of aliphatic carboxylic acids is 1. The van der Waals surface area contributed by atoms with Gasteiger partial charge in [-0.15, -0.1) is 0 Å². The number of nitrogens with zero attached hydrogens (tertiary/aromatic N) is 1. The first-order valence-electron chi connectivity index (χ1n) is 3.85. The lowest BCUT2D eigenvalue weighted by Gasteiger charge is -1.89. The third-order valence-corrected chi connectivity index (χ3v) is 1.27. The van der Waals surface area contributed by atoms with Crippen molar-refractivity contribution in [1.82, 2.24) is 9.97 Å². The second kappa shape index (κ2) is 5.60. The van der Waals surface area contributed by atoms with Crippen molar-refractivity contribution < 1.29 is 19.8 Å². The first-order chi connectivity index (χ1) is 6.86. The van der Waals surface area contributed by atoms with Crippen molar-refractivity contribution in [1.29, 1.82) is 0 Å². The predicted molar refractivity (Wildman–Crippen MR) is 50.8 cm³/mol. The number of H-pyrrole nitrogens is 1. The van der Waals surface area contributed by atoms with Crippen molar-refractivity contribution in [3.05, 3.63) is 12.0 Å². The van der Waals surface area contributed by atoms with Gasteiger partial charge in [-0.2, -0.15) is 0 Å². The Labute approximate surface area is 84.9 Å². The number of aliphatic hydroxyl groups is 1. The summed E-state index contributed by atoms with van der Waals surface area (Å²) in [7, 11) is 0. The van der Waals surface area contributed by atoms with Crippen LogP contribution in [0, 0.1) is 0 Å². The molecule has 0 aromatic carbocycles. The Bertz CT molecular complexity index is 347. The third-order valence-electron chi connectivity index (χ3n) is 1.27. The van der Waals surface area contributed by atoms with E-state index in [0.717, 1.165) is 0 Å². The zero-order valence-corrected chi connectivity index (χ0v) is 7.97. The number of primary amides is 1. The lowest BCUT2D eigenvalue weighted by Crippen LogP contribution is -2.13. The summed E-state index contributed by atoms with van der Waals surface area (Å²) in [5.74, 6) is -1.64. The zero-order valence-electron chi connectivity index (χ0n) is 7.97. The van der Waals surface area contributed by atoms with Crippen LogP contribution >= 0.6 is 0 Å². The van der Waals surface area contributed by atoms with E-state index in [4.69, 9.17) is 21.7 Å². The van der Waals surface area contributed by atoms with Crippen LogP contribution in [-0.2, 0) is 4.79 Å². The molecule has 84 valence electrons. The summed E-state index contributed by atoms with van der Waals surface area (Å²) in [4.78, 5) is 25.9. The van der Waals surface area contributed by atoms with E-state index in [2.05, 4.69) is 9.97 Å². The van der Waals surface area contributed by atoms with E-state index in [1.807, 2.05) is 0 Å². The molecule has 0 aliphatic carbocycles. The average Bonchev–Trinajstić information content (AvgIpc) is 2.52. The van der Waals surface area contributed by atoms with Gasteiger partial charge >= 0.3 is 5.97 Å². The summed E-state index contributed by atoms with van der Waals surface area (Å²) in [5.41, 5.74) is 10.2. The number of aromatic nitrogens is 2. The van der Waals surface area contributed by atoms with Crippen LogP contribution in [-0.4, -0.2) is 38.2 Å². The number of amides is 1. The fraction of sp³-hybridized carbons (Fsp3) is 0.286. The standard InChI is InChI=1S/C4H6N4O.C3H6O3/c5-3-2(4(6)9)7-1-8-3;1-2(4)3(5)6/h1H,5H2,(H2,6,9)(H,7,8);2,4H,1H3,(H,5,6). The van der Waals surface area contributed by atoms with Crippen molar-refractivity contribution in [2.24, 2.45) is 5.73 Å². The van der Waals surface area contributed by atoms with Gasteiger partial charge in [-0.1, -0.05) is 0 Å². The fourth-order valence-corrected chi connectivity index (χ4v) is 0.502. The Balaban J connectivity index is 0.000000288. The number of hydrogen-bond acceptors (Lipinski definition) is 5. The van der Waals surface area contributed by atoms with E-state index in [0.29, 0.717) is 0 Å². The van der Waals surface area contributed by atoms with Gasteiger partial charge < -0.3 is 26.7 Å². The molecule has 1 heterocycles. The quantitative estimate of drug-likeness (QED) is 0.407. The predicted octanol–water partition coefficient (Wildman–Crippen LogP) is -1.46. The number of imidazole rings is 1. The second-order valence-electron chi connectivity index (χ2n) is 2.54. The highest BCUT2D eigenvalue weighted by molar-refractivity contribution is 5.94. The normalized spacial score (nSPS) is 11.1. The molecule has 1 atom stereocenters. The van der Waals surface area contributed by atoms with Gasteiger partial charge in [0, 0.05) is 0 Å². The molecule has 1 rings (SSSR count). The number of nitrogens with two attached hydrogens (primary N) is 2. The maximum Gasteiger partial charge on any atom is 0.332 e. The molecule has 0 aliphatic heterocycles. The Morgan fingerprint density at radius 3 is 2.20 bits per heavy atom. The molecule has 0 aliphatic rings. The van der Waals surface area contributed by atoms with Gasteiger partial charge in [0.1, 0.15) is 11.8 Å². The average molecular weight is 216 g/mol. The van der Waals surface area contributed by atoms with Crippen LogP contribution in [0.2, 0.25) is 0 Å². The minimum Gasteiger partial charge on any atom is -0.479 e. The van der Waals surface area contributed by atoms with E-state index in [9.17, 15) is 9.59 Å². The van der Waals surface area contributed by atoms with Crippen LogP contribution in [0.3, 0.4) is 0 Å². The number of carbonyl (C=O) groups excluding carboxylic acids is 1. The lowest BCUT2D eigenvalue weighted by molar-refractivity contribution is -0.145. The maximum absolute atomic E-state index is 10.4. The number of aliphatic hydroxyl groups excluding tert-OH is 1. The van der Waals surface area contributed by atoms with Crippen LogP contribution < -0.4 is 11.5 Å². The topological polar surface area (TPSA) is 155 Å². The van der Waals surface area contributed by atoms with Crippen LogP contribution in [0.4, 0.5) is 5.82 Å². The Morgan fingerprint density at radius 2 is 2.07 bits per heavy atom. The number of carboxylic acids is 1. The molecular formula is C7H12N4O4. The summed E-state index contributed by atoms with van der Waals surface area (Å²) in [6.45, 7) is 1.20. The van der Waals surface area contributed by atoms with Gasteiger partial charge in [-0.3, -0.25) is 4.79 Å². The molecule has 0 saturated heterocycles. The summed E-state index contributed by atoms with van der Waals surface area (Å²) in [6, 6.07) is 0. The van der Waals surface area contributed by atoms with Crippen molar-refractivity contribution in [3.63, 3.8) is 0 Å². The van der Waals surface area contributed by atoms with Crippen molar-refractivity contribution in [2.75, 3.05) is 5.73 Å². The molecule has 0 fully saturated rings. The Morgan fingerprint density at radius 1 is 1.60 bits per heavy atom. The summed E-state index contributed by atoms with van der Waals surface area (Å²) in [5, 5.41) is 15.8. The van der Waals surface area contributed by atoms with Gasteiger partial charge in [0.2, 0.25) is 0 Å². The number of anilines is 1.